The lowest BCUT2D eigenvalue weighted by molar-refractivity contribution is 0.565. The van der Waals surface area contributed by atoms with Gasteiger partial charge in [0.25, 0.3) is 0 Å². The molecule has 64 valence electrons. The fourth-order valence-electron chi connectivity index (χ4n) is 1.14. The molecule has 0 spiro atoms. The van der Waals surface area contributed by atoms with Gasteiger partial charge in [0.2, 0.25) is 6.08 Å². The molecule has 1 aromatic heterocycles. The van der Waals surface area contributed by atoms with Crippen LogP contribution in [0.15, 0.2) is 38.3 Å². The zero-order valence-corrected chi connectivity index (χ0v) is 8.04. The minimum Gasteiger partial charge on any atom is -0.461 e. The maximum atomic E-state index is 10.1. The number of rotatable bonds is 1. The second kappa shape index (κ2) is 3.17. The van der Waals surface area contributed by atoms with Crippen LogP contribution < -0.4 is 0 Å². The van der Waals surface area contributed by atoms with Gasteiger partial charge >= 0.3 is 0 Å². The maximum absolute atomic E-state index is 10.1. The highest BCUT2D eigenvalue weighted by atomic mass is 79.9. The Morgan fingerprint density at radius 3 is 3.08 bits per heavy atom. The van der Waals surface area contributed by atoms with Gasteiger partial charge in [0.1, 0.15) is 17.5 Å². The first-order valence-corrected chi connectivity index (χ1v) is 4.36. The Labute approximate surface area is 82.2 Å². The summed E-state index contributed by atoms with van der Waals surface area (Å²) in [6.45, 7) is 0. The van der Waals surface area contributed by atoms with E-state index in [0.717, 1.165) is 9.86 Å². The van der Waals surface area contributed by atoms with E-state index in [9.17, 15) is 4.79 Å². The number of furan rings is 1. The van der Waals surface area contributed by atoms with Crippen molar-refractivity contribution < 1.29 is 9.21 Å². The molecular weight excluding hydrogens is 234 g/mol. The molecule has 1 heterocycles. The van der Waals surface area contributed by atoms with Gasteiger partial charge in [-0.05, 0) is 28.1 Å². The number of benzene rings is 1. The van der Waals surface area contributed by atoms with E-state index in [4.69, 9.17) is 4.42 Å². The summed E-state index contributed by atoms with van der Waals surface area (Å²) in [5, 5.41) is 0.803. The number of isocyanates is 1. The molecule has 2 aromatic rings. The number of hydrogen-bond donors (Lipinski definition) is 0. The van der Waals surface area contributed by atoms with E-state index in [1.165, 1.54) is 12.3 Å². The smallest absolute Gasteiger partial charge is 0.240 e. The van der Waals surface area contributed by atoms with E-state index in [-0.39, 0.29) is 0 Å². The molecule has 0 bridgehead atoms. The Hall–Kier alpha value is -1.38. The number of nitrogens with zero attached hydrogens (tertiary/aromatic N) is 1. The molecule has 0 radical (unpaired) electrons. The quantitative estimate of drug-likeness (QED) is 0.565. The Morgan fingerprint density at radius 1 is 1.46 bits per heavy atom. The highest BCUT2D eigenvalue weighted by Gasteiger charge is 2.06. The molecule has 0 aliphatic rings. The van der Waals surface area contributed by atoms with Crippen molar-refractivity contribution in [3.63, 3.8) is 0 Å². The second-order valence-electron chi connectivity index (χ2n) is 2.44. The molecule has 0 aliphatic heterocycles. The van der Waals surface area contributed by atoms with E-state index in [1.807, 2.05) is 18.2 Å². The summed E-state index contributed by atoms with van der Waals surface area (Å²) in [6, 6.07) is 5.55. The minimum atomic E-state index is 0.506. The van der Waals surface area contributed by atoms with Crippen LogP contribution in [-0.4, -0.2) is 6.08 Å². The molecule has 2 rings (SSSR count). The first-order chi connectivity index (χ1) is 6.33. The predicted octanol–water partition coefficient (Wildman–Crippen LogP) is 3.16. The van der Waals surface area contributed by atoms with Crippen LogP contribution >= 0.6 is 15.9 Å². The third-order valence-corrected chi connectivity index (χ3v) is 2.32. The zero-order chi connectivity index (χ0) is 9.26. The largest absolute Gasteiger partial charge is 0.461 e. The van der Waals surface area contributed by atoms with Crippen molar-refractivity contribution in [3.8, 4) is 0 Å². The summed E-state index contributed by atoms with van der Waals surface area (Å²) in [6.07, 6.45) is 2.91. The van der Waals surface area contributed by atoms with Crippen molar-refractivity contribution in [1.29, 1.82) is 0 Å². The van der Waals surface area contributed by atoms with Gasteiger partial charge < -0.3 is 4.42 Å². The molecule has 4 heteroatoms. The normalized spacial score (nSPS) is 9.92. The van der Waals surface area contributed by atoms with Crippen LogP contribution in [0.1, 0.15) is 0 Å². The Kier molecular flexibility index (Phi) is 2.00. The van der Waals surface area contributed by atoms with Gasteiger partial charge in [-0.15, -0.1) is 0 Å². The highest BCUT2D eigenvalue weighted by Crippen LogP contribution is 2.32. The van der Waals surface area contributed by atoms with Crippen molar-refractivity contribution >= 4 is 38.7 Å². The first kappa shape index (κ1) is 8.23. The van der Waals surface area contributed by atoms with Gasteiger partial charge in [0.15, 0.2) is 0 Å². The zero-order valence-electron chi connectivity index (χ0n) is 6.45. The number of para-hydroxylation sites is 1. The fraction of sp³-hybridized carbons (Fsp3) is 0. The summed E-state index contributed by atoms with van der Waals surface area (Å²) in [7, 11) is 0. The van der Waals surface area contributed by atoms with Gasteiger partial charge in [-0.25, -0.2) is 4.79 Å². The summed E-state index contributed by atoms with van der Waals surface area (Å²) in [5.74, 6) is 0. The lowest BCUT2D eigenvalue weighted by Gasteiger charge is -1.90. The lowest BCUT2D eigenvalue weighted by Crippen LogP contribution is -1.66. The van der Waals surface area contributed by atoms with Gasteiger partial charge in [-0.1, -0.05) is 6.07 Å². The topological polar surface area (TPSA) is 42.6 Å². The molecule has 0 atom stereocenters. The molecule has 0 amide bonds. The van der Waals surface area contributed by atoms with Crippen LogP contribution in [0.25, 0.3) is 11.0 Å². The molecule has 1 aromatic carbocycles. The molecule has 0 saturated heterocycles. The molecule has 0 unspecified atom stereocenters. The average molecular weight is 238 g/mol. The van der Waals surface area contributed by atoms with Crippen LogP contribution in [0.2, 0.25) is 0 Å². The van der Waals surface area contributed by atoms with Crippen molar-refractivity contribution in [2.75, 3.05) is 0 Å². The third kappa shape index (κ3) is 1.30. The van der Waals surface area contributed by atoms with Crippen LogP contribution in [-0.2, 0) is 4.79 Å². The van der Waals surface area contributed by atoms with E-state index in [0.29, 0.717) is 11.3 Å². The van der Waals surface area contributed by atoms with Crippen molar-refractivity contribution in [3.05, 3.63) is 28.9 Å². The summed E-state index contributed by atoms with van der Waals surface area (Å²) < 4.78 is 6.06. The fourth-order valence-corrected chi connectivity index (χ4v) is 1.60. The molecule has 0 N–H and O–H groups in total. The second-order valence-corrected chi connectivity index (χ2v) is 3.29. The van der Waals surface area contributed by atoms with Crippen molar-refractivity contribution in [2.45, 2.75) is 0 Å². The van der Waals surface area contributed by atoms with Crippen molar-refractivity contribution in [2.24, 2.45) is 4.99 Å². The molecule has 3 nitrogen and oxygen atoms in total. The Bertz CT molecular complexity index is 497. The van der Waals surface area contributed by atoms with Crippen LogP contribution in [0.4, 0.5) is 5.69 Å². The molecule has 13 heavy (non-hydrogen) atoms. The van der Waals surface area contributed by atoms with Crippen LogP contribution in [0, 0.1) is 0 Å². The van der Waals surface area contributed by atoms with E-state index >= 15 is 0 Å². The predicted molar refractivity (Wildman–Crippen MR) is 51.7 cm³/mol. The number of halogens is 1. The van der Waals surface area contributed by atoms with E-state index < -0.39 is 0 Å². The lowest BCUT2D eigenvalue weighted by atomic mass is 10.2. The highest BCUT2D eigenvalue weighted by molar-refractivity contribution is 9.10. The average Bonchev–Trinajstić information content (AvgIpc) is 2.51. The number of aliphatic imine (C=N–C) groups is 1. The minimum absolute atomic E-state index is 0.506. The summed E-state index contributed by atoms with van der Waals surface area (Å²) in [4.78, 5) is 13.6. The first-order valence-electron chi connectivity index (χ1n) is 3.56. The van der Waals surface area contributed by atoms with Gasteiger partial charge in [-0.3, -0.25) is 0 Å². The van der Waals surface area contributed by atoms with E-state index in [1.54, 1.807) is 0 Å². The SMILES string of the molecule is O=C=Nc1coc2c(Br)cccc12. The van der Waals surface area contributed by atoms with Gasteiger partial charge in [0.05, 0.1) is 4.47 Å². The summed E-state index contributed by atoms with van der Waals surface area (Å²) >= 11 is 3.33. The molecule has 0 fully saturated rings. The summed E-state index contributed by atoms with van der Waals surface area (Å²) in [5.41, 5.74) is 1.20. The van der Waals surface area contributed by atoms with Gasteiger partial charge in [0, 0.05) is 5.39 Å². The monoisotopic (exact) mass is 237 g/mol. The molecule has 0 saturated carbocycles. The number of carbonyl (C=O) groups excluding carboxylic acids is 1. The Morgan fingerprint density at radius 2 is 2.31 bits per heavy atom. The van der Waals surface area contributed by atoms with Crippen LogP contribution in [0.3, 0.4) is 0 Å². The van der Waals surface area contributed by atoms with E-state index in [2.05, 4.69) is 20.9 Å². The molecule has 0 aliphatic carbocycles. The number of hydrogen-bond acceptors (Lipinski definition) is 3. The third-order valence-electron chi connectivity index (χ3n) is 1.70. The molecular formula is C9H4BrNO2. The standard InChI is InChI=1S/C9H4BrNO2/c10-7-3-1-2-6-8(11-5-12)4-13-9(6)7/h1-4H. The van der Waals surface area contributed by atoms with Crippen LogP contribution in [0.5, 0.6) is 0 Å². The Balaban J connectivity index is 2.82. The maximum Gasteiger partial charge on any atom is 0.240 e. The van der Waals surface area contributed by atoms with Gasteiger partial charge in [-0.2, -0.15) is 4.99 Å². The number of fused-ring (bicyclic) bond motifs is 1. The van der Waals surface area contributed by atoms with Crippen molar-refractivity contribution in [1.82, 2.24) is 0 Å².